The predicted octanol–water partition coefficient (Wildman–Crippen LogP) is 3.54. The van der Waals surface area contributed by atoms with Crippen molar-refractivity contribution in [2.75, 3.05) is 18.5 Å². The molecule has 3 aromatic heterocycles. The summed E-state index contributed by atoms with van der Waals surface area (Å²) < 4.78 is 7.29. The molecule has 4 aromatic rings. The average Bonchev–Trinajstić information content (AvgIpc) is 3.12. The van der Waals surface area contributed by atoms with Crippen LogP contribution in [0.3, 0.4) is 0 Å². The zero-order valence-electron chi connectivity index (χ0n) is 14.3. The lowest BCUT2D eigenvalue weighted by molar-refractivity contribution is 0.0903. The summed E-state index contributed by atoms with van der Waals surface area (Å²) in [6.07, 6.45) is 7.66. The summed E-state index contributed by atoms with van der Waals surface area (Å²) >= 11 is 0. The highest BCUT2D eigenvalue weighted by Gasteiger charge is 2.15. The molecule has 6 nitrogen and oxygen atoms in total. The van der Waals surface area contributed by atoms with Gasteiger partial charge in [-0.3, -0.25) is 4.98 Å². The van der Waals surface area contributed by atoms with Crippen LogP contribution in [-0.2, 0) is 4.74 Å². The first kappa shape index (κ1) is 15.3. The van der Waals surface area contributed by atoms with Gasteiger partial charge in [0.15, 0.2) is 0 Å². The molecule has 0 saturated carbocycles. The van der Waals surface area contributed by atoms with Crippen LogP contribution < -0.4 is 5.32 Å². The monoisotopic (exact) mass is 345 g/mol. The van der Waals surface area contributed by atoms with E-state index in [0.717, 1.165) is 53.6 Å². The fourth-order valence-electron chi connectivity index (χ4n) is 3.48. The third-order valence-corrected chi connectivity index (χ3v) is 4.89. The molecule has 0 unspecified atom stereocenters. The number of anilines is 1. The van der Waals surface area contributed by atoms with E-state index >= 15 is 0 Å². The van der Waals surface area contributed by atoms with Crippen molar-refractivity contribution in [2.24, 2.45) is 0 Å². The molecule has 130 valence electrons. The van der Waals surface area contributed by atoms with E-state index in [1.54, 1.807) is 0 Å². The van der Waals surface area contributed by atoms with Gasteiger partial charge in [0.25, 0.3) is 0 Å². The summed E-state index contributed by atoms with van der Waals surface area (Å²) in [5.41, 5.74) is 4.25. The predicted molar refractivity (Wildman–Crippen MR) is 101 cm³/mol. The minimum absolute atomic E-state index is 0.379. The van der Waals surface area contributed by atoms with Crippen molar-refractivity contribution in [1.82, 2.24) is 19.6 Å². The molecule has 0 aliphatic carbocycles. The van der Waals surface area contributed by atoms with E-state index < -0.39 is 0 Å². The van der Waals surface area contributed by atoms with E-state index in [2.05, 4.69) is 50.7 Å². The van der Waals surface area contributed by atoms with E-state index in [9.17, 15) is 0 Å². The van der Waals surface area contributed by atoms with Crippen LogP contribution in [0.1, 0.15) is 12.8 Å². The van der Waals surface area contributed by atoms with Gasteiger partial charge in [-0.2, -0.15) is 0 Å². The highest BCUT2D eigenvalue weighted by atomic mass is 16.5. The van der Waals surface area contributed by atoms with Gasteiger partial charge in [-0.25, -0.2) is 9.50 Å². The summed E-state index contributed by atoms with van der Waals surface area (Å²) in [6, 6.07) is 12.8. The molecule has 0 atom stereocenters. The molecule has 1 aromatic carbocycles. The normalized spacial score (nSPS) is 15.5. The van der Waals surface area contributed by atoms with Gasteiger partial charge >= 0.3 is 0 Å². The Bertz CT molecular complexity index is 1070. The topological polar surface area (TPSA) is 64.3 Å². The van der Waals surface area contributed by atoms with Crippen LogP contribution in [0.15, 0.2) is 55.0 Å². The minimum atomic E-state index is 0.379. The van der Waals surface area contributed by atoms with E-state index in [1.165, 1.54) is 0 Å². The molecule has 4 heterocycles. The lowest BCUT2D eigenvalue weighted by Gasteiger charge is -2.22. The van der Waals surface area contributed by atoms with E-state index in [1.807, 2.05) is 29.2 Å². The number of ether oxygens (including phenoxy) is 1. The largest absolute Gasteiger partial charge is 0.381 e. The van der Waals surface area contributed by atoms with Gasteiger partial charge in [0.1, 0.15) is 0 Å². The van der Waals surface area contributed by atoms with Crippen LogP contribution in [0.25, 0.3) is 27.5 Å². The van der Waals surface area contributed by atoms with E-state index in [0.29, 0.717) is 12.0 Å². The summed E-state index contributed by atoms with van der Waals surface area (Å²) in [5, 5.41) is 9.16. The van der Waals surface area contributed by atoms with Gasteiger partial charge in [-0.1, -0.05) is 12.1 Å². The Morgan fingerprint density at radius 2 is 2.00 bits per heavy atom. The summed E-state index contributed by atoms with van der Waals surface area (Å²) in [4.78, 5) is 8.91. The van der Waals surface area contributed by atoms with Crippen molar-refractivity contribution in [2.45, 2.75) is 18.9 Å². The summed E-state index contributed by atoms with van der Waals surface area (Å²) in [6.45, 7) is 1.59. The number of benzene rings is 1. The van der Waals surface area contributed by atoms with Gasteiger partial charge in [-0.15, -0.1) is 5.10 Å². The van der Waals surface area contributed by atoms with Crippen LogP contribution in [-0.4, -0.2) is 38.8 Å². The second kappa shape index (κ2) is 6.38. The molecule has 1 N–H and O–H groups in total. The number of hydrogen-bond acceptors (Lipinski definition) is 5. The highest BCUT2D eigenvalue weighted by Crippen LogP contribution is 2.28. The number of nitrogens with zero attached hydrogens (tertiary/aromatic N) is 4. The molecule has 1 saturated heterocycles. The van der Waals surface area contributed by atoms with Gasteiger partial charge in [0.05, 0.1) is 17.2 Å². The van der Waals surface area contributed by atoms with Crippen molar-refractivity contribution >= 4 is 22.4 Å². The molecule has 6 heteroatoms. The first-order valence-electron chi connectivity index (χ1n) is 8.91. The number of hydrogen-bond donors (Lipinski definition) is 1. The quantitative estimate of drug-likeness (QED) is 0.615. The Labute approximate surface area is 150 Å². The Balaban J connectivity index is 1.48. The molecular formula is C20H19N5O. The molecule has 1 aliphatic rings. The van der Waals surface area contributed by atoms with Crippen molar-refractivity contribution in [1.29, 1.82) is 0 Å². The van der Waals surface area contributed by atoms with Crippen LogP contribution in [0, 0.1) is 0 Å². The fraction of sp³-hybridized carbons (Fsp3) is 0.250. The van der Waals surface area contributed by atoms with Crippen molar-refractivity contribution in [3.05, 3.63) is 55.0 Å². The standard InChI is InChI=1S/C20H19N5O/c1-2-15-12-14(3-4-18(15)21-8-1)17-5-9-25-19(17)13-22-20(24-25)23-16-6-10-26-11-7-16/h1-5,8-9,12-13,16H,6-7,10-11H2,(H,23,24). The molecule has 0 radical (unpaired) electrons. The second-order valence-corrected chi connectivity index (χ2v) is 6.58. The van der Waals surface area contributed by atoms with Gasteiger partial charge in [0.2, 0.25) is 5.95 Å². The third-order valence-electron chi connectivity index (χ3n) is 4.89. The molecule has 0 spiro atoms. The lowest BCUT2D eigenvalue weighted by Crippen LogP contribution is -2.28. The van der Waals surface area contributed by atoms with Crippen LogP contribution >= 0.6 is 0 Å². The maximum Gasteiger partial charge on any atom is 0.241 e. The Morgan fingerprint density at radius 1 is 1.08 bits per heavy atom. The maximum atomic E-state index is 5.40. The highest BCUT2D eigenvalue weighted by molar-refractivity contribution is 5.88. The molecule has 26 heavy (non-hydrogen) atoms. The first-order valence-corrected chi connectivity index (χ1v) is 8.91. The lowest BCUT2D eigenvalue weighted by atomic mass is 10.0. The molecule has 1 fully saturated rings. The third kappa shape index (κ3) is 2.78. The van der Waals surface area contributed by atoms with Crippen LogP contribution in [0.5, 0.6) is 0 Å². The van der Waals surface area contributed by atoms with Crippen LogP contribution in [0.2, 0.25) is 0 Å². The SMILES string of the molecule is c1cnc2ccc(-c3ccn4nc(NC5CCOCC5)ncc34)cc2c1. The Hall–Kier alpha value is -2.99. The molecule has 0 amide bonds. The molecule has 0 bridgehead atoms. The number of aromatic nitrogens is 4. The number of nitrogens with one attached hydrogen (secondary N) is 1. The maximum absolute atomic E-state index is 5.40. The zero-order valence-corrected chi connectivity index (χ0v) is 14.3. The fourth-order valence-corrected chi connectivity index (χ4v) is 3.48. The Morgan fingerprint density at radius 3 is 2.92 bits per heavy atom. The van der Waals surface area contributed by atoms with Gasteiger partial charge < -0.3 is 10.1 Å². The number of rotatable bonds is 3. The smallest absolute Gasteiger partial charge is 0.241 e. The number of pyridine rings is 1. The molecular weight excluding hydrogens is 326 g/mol. The second-order valence-electron chi connectivity index (χ2n) is 6.58. The zero-order chi connectivity index (χ0) is 17.3. The van der Waals surface area contributed by atoms with E-state index in [4.69, 9.17) is 4.74 Å². The van der Waals surface area contributed by atoms with Gasteiger partial charge in [-0.05, 0) is 42.7 Å². The van der Waals surface area contributed by atoms with Crippen molar-refractivity contribution in [3.63, 3.8) is 0 Å². The summed E-state index contributed by atoms with van der Waals surface area (Å²) in [5.74, 6) is 0.661. The molecule has 5 rings (SSSR count). The van der Waals surface area contributed by atoms with Crippen molar-refractivity contribution < 1.29 is 4.74 Å². The van der Waals surface area contributed by atoms with Crippen LogP contribution in [0.4, 0.5) is 5.95 Å². The number of fused-ring (bicyclic) bond motifs is 2. The first-order chi connectivity index (χ1) is 12.9. The van der Waals surface area contributed by atoms with Gasteiger partial charge in [0, 0.05) is 42.6 Å². The average molecular weight is 345 g/mol. The molecule has 1 aliphatic heterocycles. The van der Waals surface area contributed by atoms with E-state index in [-0.39, 0.29) is 0 Å². The Kier molecular flexibility index (Phi) is 3.75. The van der Waals surface area contributed by atoms with Crippen molar-refractivity contribution in [3.8, 4) is 11.1 Å². The minimum Gasteiger partial charge on any atom is -0.381 e. The summed E-state index contributed by atoms with van der Waals surface area (Å²) in [7, 11) is 0.